The van der Waals surface area contributed by atoms with E-state index in [0.29, 0.717) is 27.4 Å². The molecule has 3 aromatic rings. The predicted octanol–water partition coefficient (Wildman–Crippen LogP) is 3.56. The molecule has 5 nitrogen and oxygen atoms in total. The number of amides is 1. The van der Waals surface area contributed by atoms with E-state index >= 15 is 0 Å². The minimum atomic E-state index is -0.522. The second kappa shape index (κ2) is 5.11. The summed E-state index contributed by atoms with van der Waals surface area (Å²) < 4.78 is 0. The molecular weight excluding hydrogens is 328 g/mol. The van der Waals surface area contributed by atoms with Gasteiger partial charge in [0.2, 0.25) is 0 Å². The molecule has 3 N–H and O–H groups in total. The number of hydrogen-bond acceptors (Lipinski definition) is 3. The summed E-state index contributed by atoms with van der Waals surface area (Å²) in [4.78, 5) is 27.5. The average molecular weight is 341 g/mol. The summed E-state index contributed by atoms with van der Waals surface area (Å²) in [7, 11) is 0. The Labute approximate surface area is 142 Å². The van der Waals surface area contributed by atoms with Gasteiger partial charge in [0.25, 0.3) is 5.91 Å². The van der Waals surface area contributed by atoms with Crippen LogP contribution in [0.25, 0.3) is 10.9 Å². The van der Waals surface area contributed by atoms with Crippen molar-refractivity contribution < 1.29 is 14.7 Å². The number of aromatic nitrogens is 1. The summed E-state index contributed by atoms with van der Waals surface area (Å²) in [6, 6.07) is 9.38. The van der Waals surface area contributed by atoms with Gasteiger partial charge in [0.15, 0.2) is 5.78 Å². The minimum Gasteiger partial charge on any atom is -0.508 e. The number of phenols is 1. The molecule has 0 aliphatic carbocycles. The molecule has 0 bridgehead atoms. The standard InChI is InChI=1S/C18H13ClN2O3/c1-8(22)16-15(13-6-9(19)2-5-14(13)20-16)17-12-7-10(23)3-4-11(12)18(24)21-17/h2-7,17,20,23H,1H3,(H,21,24). The number of aromatic amines is 1. The molecule has 2 heterocycles. The maximum Gasteiger partial charge on any atom is 0.252 e. The molecule has 0 spiro atoms. The summed E-state index contributed by atoms with van der Waals surface area (Å²) in [5.41, 5.74) is 2.99. The number of H-pyrrole nitrogens is 1. The zero-order valence-corrected chi connectivity index (χ0v) is 13.4. The lowest BCUT2D eigenvalue weighted by molar-refractivity contribution is 0.0956. The maximum absolute atomic E-state index is 12.3. The van der Waals surface area contributed by atoms with Crippen LogP contribution in [0.3, 0.4) is 0 Å². The summed E-state index contributed by atoms with van der Waals surface area (Å²) in [5.74, 6) is -0.307. The largest absolute Gasteiger partial charge is 0.508 e. The van der Waals surface area contributed by atoms with Crippen molar-refractivity contribution in [3.05, 3.63) is 63.8 Å². The van der Waals surface area contributed by atoms with Crippen molar-refractivity contribution in [1.29, 1.82) is 0 Å². The molecule has 1 unspecified atom stereocenters. The third kappa shape index (κ3) is 2.09. The smallest absolute Gasteiger partial charge is 0.252 e. The van der Waals surface area contributed by atoms with Gasteiger partial charge in [-0.25, -0.2) is 0 Å². The van der Waals surface area contributed by atoms with E-state index in [2.05, 4.69) is 10.3 Å². The third-order valence-electron chi connectivity index (χ3n) is 4.31. The van der Waals surface area contributed by atoms with Gasteiger partial charge in [-0.2, -0.15) is 0 Å². The number of nitrogens with one attached hydrogen (secondary N) is 2. The van der Waals surface area contributed by atoms with Crippen LogP contribution in [0, 0.1) is 0 Å². The highest BCUT2D eigenvalue weighted by Crippen LogP contribution is 2.39. The van der Waals surface area contributed by atoms with Crippen molar-refractivity contribution in [2.75, 3.05) is 0 Å². The molecule has 1 aliphatic rings. The number of Topliss-reactive ketones (excluding diaryl/α,β-unsaturated/α-hetero) is 1. The van der Waals surface area contributed by atoms with Crippen LogP contribution in [-0.4, -0.2) is 21.8 Å². The first-order chi connectivity index (χ1) is 11.5. The minimum absolute atomic E-state index is 0.0671. The normalized spacial score (nSPS) is 16.2. The fraction of sp³-hybridized carbons (Fsp3) is 0.111. The van der Waals surface area contributed by atoms with Crippen molar-refractivity contribution in [2.45, 2.75) is 13.0 Å². The molecule has 1 aromatic heterocycles. The first-order valence-electron chi connectivity index (χ1n) is 7.41. The number of carbonyl (C=O) groups excluding carboxylic acids is 2. The molecule has 120 valence electrons. The maximum atomic E-state index is 12.3. The first kappa shape index (κ1) is 14.8. The second-order valence-electron chi connectivity index (χ2n) is 5.84. The fourth-order valence-electron chi connectivity index (χ4n) is 3.27. The monoisotopic (exact) mass is 340 g/mol. The number of benzene rings is 2. The Morgan fingerprint density at radius 3 is 2.75 bits per heavy atom. The van der Waals surface area contributed by atoms with Crippen molar-refractivity contribution in [1.82, 2.24) is 10.3 Å². The summed E-state index contributed by atoms with van der Waals surface area (Å²) in [5, 5.41) is 14.0. The van der Waals surface area contributed by atoms with E-state index in [1.54, 1.807) is 30.3 Å². The Morgan fingerprint density at radius 1 is 1.21 bits per heavy atom. The van der Waals surface area contributed by atoms with Gasteiger partial charge in [0.1, 0.15) is 5.75 Å². The van der Waals surface area contributed by atoms with Crippen LogP contribution in [0.2, 0.25) is 5.02 Å². The Kier molecular flexibility index (Phi) is 3.15. The molecule has 1 aliphatic heterocycles. The molecule has 6 heteroatoms. The molecule has 1 atom stereocenters. The number of carbonyl (C=O) groups is 2. The van der Waals surface area contributed by atoms with Gasteiger partial charge in [-0.1, -0.05) is 11.6 Å². The van der Waals surface area contributed by atoms with Gasteiger partial charge in [0.05, 0.1) is 11.7 Å². The highest BCUT2D eigenvalue weighted by atomic mass is 35.5. The number of ketones is 1. The zero-order valence-electron chi connectivity index (χ0n) is 12.7. The molecule has 0 radical (unpaired) electrons. The van der Waals surface area contributed by atoms with E-state index in [1.807, 2.05) is 0 Å². The van der Waals surface area contributed by atoms with Crippen molar-refractivity contribution in [3.8, 4) is 5.75 Å². The summed E-state index contributed by atoms with van der Waals surface area (Å²) in [6.07, 6.45) is 0. The highest BCUT2D eigenvalue weighted by molar-refractivity contribution is 6.31. The van der Waals surface area contributed by atoms with Gasteiger partial charge in [-0.05, 0) is 42.0 Å². The van der Waals surface area contributed by atoms with Gasteiger partial charge >= 0.3 is 0 Å². The molecular formula is C18H13ClN2O3. The Hall–Kier alpha value is -2.79. The number of phenolic OH excluding ortho intramolecular Hbond substituents is 1. The highest BCUT2D eigenvalue weighted by Gasteiger charge is 2.34. The van der Waals surface area contributed by atoms with Crippen molar-refractivity contribution in [2.24, 2.45) is 0 Å². The van der Waals surface area contributed by atoms with E-state index in [9.17, 15) is 14.7 Å². The zero-order chi connectivity index (χ0) is 17.0. The second-order valence-corrected chi connectivity index (χ2v) is 6.27. The summed E-state index contributed by atoms with van der Waals surface area (Å²) in [6.45, 7) is 1.47. The molecule has 2 aromatic carbocycles. The topological polar surface area (TPSA) is 82.2 Å². The SMILES string of the molecule is CC(=O)c1[nH]c2ccc(Cl)cc2c1C1NC(=O)c2ccc(O)cc21. The van der Waals surface area contributed by atoms with Crippen LogP contribution in [0.1, 0.15) is 44.9 Å². The van der Waals surface area contributed by atoms with E-state index in [1.165, 1.54) is 13.0 Å². The van der Waals surface area contributed by atoms with Crippen LogP contribution in [0.15, 0.2) is 36.4 Å². The van der Waals surface area contributed by atoms with Crippen LogP contribution >= 0.6 is 11.6 Å². The molecule has 1 amide bonds. The molecule has 0 fully saturated rings. The van der Waals surface area contributed by atoms with Crippen molar-refractivity contribution in [3.63, 3.8) is 0 Å². The fourth-order valence-corrected chi connectivity index (χ4v) is 3.44. The number of halogens is 1. The van der Waals surface area contributed by atoms with Gasteiger partial charge < -0.3 is 15.4 Å². The molecule has 0 saturated heterocycles. The van der Waals surface area contributed by atoms with E-state index in [4.69, 9.17) is 11.6 Å². The predicted molar refractivity (Wildman–Crippen MR) is 90.7 cm³/mol. The van der Waals surface area contributed by atoms with Gasteiger partial charge in [-0.3, -0.25) is 9.59 Å². The number of fused-ring (bicyclic) bond motifs is 2. The molecule has 24 heavy (non-hydrogen) atoms. The van der Waals surface area contributed by atoms with E-state index in [-0.39, 0.29) is 17.4 Å². The Morgan fingerprint density at radius 2 is 2.00 bits per heavy atom. The van der Waals surface area contributed by atoms with Crippen LogP contribution in [-0.2, 0) is 0 Å². The lowest BCUT2D eigenvalue weighted by Crippen LogP contribution is -2.21. The lowest BCUT2D eigenvalue weighted by atomic mass is 9.95. The quantitative estimate of drug-likeness (QED) is 0.624. The van der Waals surface area contributed by atoms with Crippen LogP contribution in [0.4, 0.5) is 0 Å². The van der Waals surface area contributed by atoms with Crippen molar-refractivity contribution >= 4 is 34.2 Å². The van der Waals surface area contributed by atoms with E-state index in [0.717, 1.165) is 10.9 Å². The van der Waals surface area contributed by atoms with Crippen LogP contribution < -0.4 is 5.32 Å². The Bertz CT molecular complexity index is 1020. The molecule has 4 rings (SSSR count). The first-order valence-corrected chi connectivity index (χ1v) is 7.79. The lowest BCUT2D eigenvalue weighted by Gasteiger charge is -2.13. The number of rotatable bonds is 2. The average Bonchev–Trinajstić information content (AvgIpc) is 3.05. The van der Waals surface area contributed by atoms with E-state index < -0.39 is 6.04 Å². The number of hydrogen-bond donors (Lipinski definition) is 3. The summed E-state index contributed by atoms with van der Waals surface area (Å²) >= 11 is 6.11. The van der Waals surface area contributed by atoms with Gasteiger partial charge in [-0.15, -0.1) is 0 Å². The number of aromatic hydroxyl groups is 1. The third-order valence-corrected chi connectivity index (χ3v) is 4.54. The Balaban J connectivity index is 2.02. The molecule has 0 saturated carbocycles. The van der Waals surface area contributed by atoms with Gasteiger partial charge in [0, 0.05) is 34.0 Å². The van der Waals surface area contributed by atoms with Crippen LogP contribution in [0.5, 0.6) is 5.75 Å².